The van der Waals surface area contributed by atoms with Crippen molar-refractivity contribution in [3.63, 3.8) is 0 Å². The van der Waals surface area contributed by atoms with Gasteiger partial charge < -0.3 is 9.64 Å². The van der Waals surface area contributed by atoms with Gasteiger partial charge in [-0.15, -0.1) is 11.3 Å². The maximum atomic E-state index is 13.0. The second-order valence-electron chi connectivity index (χ2n) is 7.63. The summed E-state index contributed by atoms with van der Waals surface area (Å²) in [6.07, 6.45) is 7.00. The number of hydrogen-bond donors (Lipinski definition) is 0. The summed E-state index contributed by atoms with van der Waals surface area (Å²) in [4.78, 5) is 32.6. The van der Waals surface area contributed by atoms with E-state index in [0.717, 1.165) is 36.1 Å². The fraction of sp³-hybridized carbons (Fsp3) is 0.381. The Labute approximate surface area is 181 Å². The van der Waals surface area contributed by atoms with Crippen LogP contribution in [0, 0.1) is 10.1 Å². The molecule has 0 radical (unpaired) electrons. The van der Waals surface area contributed by atoms with Gasteiger partial charge in [-0.25, -0.2) is 4.98 Å². The molecule has 2 aromatic heterocycles. The average Bonchev–Trinajstić information content (AvgIpc) is 3.18. The van der Waals surface area contributed by atoms with Crippen LogP contribution >= 0.6 is 11.3 Å². The molecule has 0 N–H and O–H groups in total. The van der Waals surface area contributed by atoms with E-state index in [1.165, 1.54) is 28.2 Å². The Kier molecular flexibility index (Phi) is 5.24. The number of ether oxygens (including phenoxy) is 1. The Morgan fingerprint density at radius 1 is 1.23 bits per heavy atom. The number of thiophene rings is 1. The summed E-state index contributed by atoms with van der Waals surface area (Å²) in [5, 5.41) is 16.6. The van der Waals surface area contributed by atoms with Crippen molar-refractivity contribution in [2.45, 2.75) is 25.7 Å². The van der Waals surface area contributed by atoms with Crippen molar-refractivity contribution in [1.29, 1.82) is 0 Å². The number of hydrogen-bond acceptors (Lipinski definition) is 8. The number of anilines is 1. The second-order valence-corrected chi connectivity index (χ2v) is 8.72. The van der Waals surface area contributed by atoms with Gasteiger partial charge in [-0.2, -0.15) is 9.78 Å². The molecule has 9 nitrogen and oxygen atoms in total. The molecule has 2 aliphatic rings. The lowest BCUT2D eigenvalue weighted by Crippen LogP contribution is -2.36. The third-order valence-corrected chi connectivity index (χ3v) is 6.94. The molecule has 0 spiro atoms. The smallest absolute Gasteiger partial charge is 0.293 e. The summed E-state index contributed by atoms with van der Waals surface area (Å²) < 4.78 is 6.55. The summed E-state index contributed by atoms with van der Waals surface area (Å²) in [7, 11) is 0. The number of aryl methyl sites for hydroxylation is 2. The van der Waals surface area contributed by atoms with Crippen molar-refractivity contribution in [3.8, 4) is 0 Å². The van der Waals surface area contributed by atoms with Crippen LogP contribution in [0.15, 0.2) is 34.4 Å². The van der Waals surface area contributed by atoms with Gasteiger partial charge in [0.05, 0.1) is 29.7 Å². The minimum Gasteiger partial charge on any atom is -0.378 e. The van der Waals surface area contributed by atoms with E-state index in [2.05, 4.69) is 10.1 Å². The van der Waals surface area contributed by atoms with Gasteiger partial charge in [0.2, 0.25) is 0 Å². The second kappa shape index (κ2) is 8.20. The predicted octanol–water partition coefficient (Wildman–Crippen LogP) is 2.96. The van der Waals surface area contributed by atoms with Crippen LogP contribution in [-0.4, -0.2) is 47.1 Å². The van der Waals surface area contributed by atoms with E-state index in [1.54, 1.807) is 23.5 Å². The lowest BCUT2D eigenvalue weighted by atomic mass is 9.97. The first-order valence-electron chi connectivity index (χ1n) is 10.3. The summed E-state index contributed by atoms with van der Waals surface area (Å²) in [5.41, 5.74) is 2.04. The fourth-order valence-electron chi connectivity index (χ4n) is 4.19. The van der Waals surface area contributed by atoms with Gasteiger partial charge in [0.15, 0.2) is 0 Å². The maximum Gasteiger partial charge on any atom is 0.293 e. The Balaban J connectivity index is 1.48. The van der Waals surface area contributed by atoms with Crippen LogP contribution in [0.3, 0.4) is 0 Å². The fourth-order valence-corrected chi connectivity index (χ4v) is 5.41. The summed E-state index contributed by atoms with van der Waals surface area (Å²) in [6, 6.07) is 4.98. The first-order valence-corrected chi connectivity index (χ1v) is 11.1. The number of rotatable bonds is 4. The minimum atomic E-state index is -0.389. The molecule has 0 saturated carbocycles. The van der Waals surface area contributed by atoms with Crippen molar-refractivity contribution in [3.05, 3.63) is 61.0 Å². The standard InChI is InChI=1S/C21H21N5O4S/c27-21-19-15-3-1-2-4-18(15)31-20(19)22-13-25(21)23-12-14-5-6-16(17(11-14)26(28)29)24-7-9-30-10-8-24/h5-6,11-13H,1-4,7-10H2/b23-12+. The number of nitrogens with zero attached hydrogens (tertiary/aromatic N) is 5. The summed E-state index contributed by atoms with van der Waals surface area (Å²) in [5.74, 6) is 0. The van der Waals surface area contributed by atoms with Crippen LogP contribution in [0.25, 0.3) is 10.2 Å². The average molecular weight is 439 g/mol. The van der Waals surface area contributed by atoms with E-state index in [4.69, 9.17) is 4.74 Å². The van der Waals surface area contributed by atoms with Crippen molar-refractivity contribution < 1.29 is 9.66 Å². The molecule has 31 heavy (non-hydrogen) atoms. The van der Waals surface area contributed by atoms with Crippen LogP contribution < -0.4 is 10.5 Å². The zero-order chi connectivity index (χ0) is 21.4. The lowest BCUT2D eigenvalue weighted by molar-refractivity contribution is -0.384. The molecule has 0 bridgehead atoms. The van der Waals surface area contributed by atoms with E-state index in [0.29, 0.717) is 42.9 Å². The molecule has 1 fully saturated rings. The SMILES string of the molecule is O=c1c2c3c(sc2ncn1/N=C/c1ccc(N2CCOCC2)c([N+](=O)[O-])c1)CCCC3. The molecule has 1 aromatic carbocycles. The monoisotopic (exact) mass is 439 g/mol. The molecule has 3 heterocycles. The molecule has 0 unspecified atom stereocenters. The van der Waals surface area contributed by atoms with Gasteiger partial charge in [-0.3, -0.25) is 14.9 Å². The van der Waals surface area contributed by atoms with E-state index >= 15 is 0 Å². The van der Waals surface area contributed by atoms with Crippen LogP contribution in [0.2, 0.25) is 0 Å². The predicted molar refractivity (Wildman–Crippen MR) is 120 cm³/mol. The normalized spacial score (nSPS) is 16.7. The van der Waals surface area contributed by atoms with Gasteiger partial charge in [0.1, 0.15) is 16.8 Å². The van der Waals surface area contributed by atoms with Gasteiger partial charge in [0.25, 0.3) is 11.2 Å². The molecule has 5 rings (SSSR count). The lowest BCUT2D eigenvalue weighted by Gasteiger charge is -2.28. The molecule has 0 atom stereocenters. The van der Waals surface area contributed by atoms with Crippen LogP contribution in [0.4, 0.5) is 11.4 Å². The number of morpholine rings is 1. The van der Waals surface area contributed by atoms with E-state index in [9.17, 15) is 14.9 Å². The molecular formula is C21H21N5O4S. The summed E-state index contributed by atoms with van der Waals surface area (Å²) in [6.45, 7) is 2.32. The molecule has 0 amide bonds. The third kappa shape index (κ3) is 3.72. The quantitative estimate of drug-likeness (QED) is 0.352. The number of nitro groups is 1. The first kappa shape index (κ1) is 19.8. The highest BCUT2D eigenvalue weighted by Gasteiger charge is 2.22. The molecule has 1 aliphatic heterocycles. The number of nitro benzene ring substituents is 1. The molecule has 10 heteroatoms. The van der Waals surface area contributed by atoms with E-state index < -0.39 is 0 Å². The Morgan fingerprint density at radius 2 is 2.03 bits per heavy atom. The zero-order valence-corrected chi connectivity index (χ0v) is 17.6. The minimum absolute atomic E-state index is 0.0127. The zero-order valence-electron chi connectivity index (χ0n) is 16.8. The van der Waals surface area contributed by atoms with Crippen LogP contribution in [0.1, 0.15) is 28.8 Å². The van der Waals surface area contributed by atoms with Crippen molar-refractivity contribution >= 4 is 39.1 Å². The highest BCUT2D eigenvalue weighted by atomic mass is 32.1. The topological polar surface area (TPSA) is 103 Å². The molecule has 3 aromatic rings. The Hall–Kier alpha value is -3.11. The Bertz CT molecular complexity index is 1240. The summed E-state index contributed by atoms with van der Waals surface area (Å²) >= 11 is 1.59. The number of fused-ring (bicyclic) bond motifs is 3. The highest BCUT2D eigenvalue weighted by Crippen LogP contribution is 2.33. The van der Waals surface area contributed by atoms with E-state index in [1.807, 2.05) is 4.90 Å². The van der Waals surface area contributed by atoms with Crippen molar-refractivity contribution in [2.24, 2.45) is 5.10 Å². The van der Waals surface area contributed by atoms with Crippen LogP contribution in [0.5, 0.6) is 0 Å². The maximum absolute atomic E-state index is 13.0. The first-order chi connectivity index (χ1) is 15.1. The van der Waals surface area contributed by atoms with Crippen molar-refractivity contribution in [1.82, 2.24) is 9.66 Å². The van der Waals surface area contributed by atoms with Gasteiger partial charge in [-0.05, 0) is 37.3 Å². The van der Waals surface area contributed by atoms with Gasteiger partial charge in [0, 0.05) is 29.6 Å². The molecular weight excluding hydrogens is 418 g/mol. The molecule has 1 aliphatic carbocycles. The van der Waals surface area contributed by atoms with Gasteiger partial charge >= 0.3 is 0 Å². The molecule has 160 valence electrons. The highest BCUT2D eigenvalue weighted by molar-refractivity contribution is 7.18. The number of benzene rings is 1. The molecule has 1 saturated heterocycles. The Morgan fingerprint density at radius 3 is 2.84 bits per heavy atom. The van der Waals surface area contributed by atoms with E-state index in [-0.39, 0.29) is 16.2 Å². The van der Waals surface area contributed by atoms with Gasteiger partial charge in [-0.1, -0.05) is 6.07 Å². The van der Waals surface area contributed by atoms with Crippen LogP contribution in [-0.2, 0) is 17.6 Å². The largest absolute Gasteiger partial charge is 0.378 e. The number of aromatic nitrogens is 2. The van der Waals surface area contributed by atoms with Crippen molar-refractivity contribution in [2.75, 3.05) is 31.2 Å². The third-order valence-electron chi connectivity index (χ3n) is 5.74.